The first-order valence-corrected chi connectivity index (χ1v) is 8.32. The molecule has 0 saturated carbocycles. The number of carbonyl (C=O) groups is 1. The number of rotatable bonds is 7. The van der Waals surface area contributed by atoms with E-state index in [0.29, 0.717) is 11.8 Å². The minimum atomic E-state index is 0.193. The number of hydrogen-bond acceptors (Lipinski definition) is 3. The van der Waals surface area contributed by atoms with Gasteiger partial charge in [0.05, 0.1) is 12.2 Å². The molecular formula is C17H29N3O. The maximum absolute atomic E-state index is 11.6. The van der Waals surface area contributed by atoms with E-state index >= 15 is 0 Å². The summed E-state index contributed by atoms with van der Waals surface area (Å²) in [7, 11) is 0. The van der Waals surface area contributed by atoms with E-state index in [2.05, 4.69) is 27.8 Å². The van der Waals surface area contributed by atoms with Gasteiger partial charge < -0.3 is 4.90 Å². The molecule has 0 radical (unpaired) electrons. The van der Waals surface area contributed by atoms with E-state index in [1.54, 1.807) is 0 Å². The topological polar surface area (TPSA) is 38.1 Å². The van der Waals surface area contributed by atoms with Crippen molar-refractivity contribution in [3.63, 3.8) is 0 Å². The Morgan fingerprint density at radius 3 is 2.62 bits per heavy atom. The van der Waals surface area contributed by atoms with E-state index in [0.717, 1.165) is 38.9 Å². The molecular weight excluding hydrogens is 262 g/mol. The highest BCUT2D eigenvalue weighted by Gasteiger charge is 2.20. The fourth-order valence-electron chi connectivity index (χ4n) is 2.96. The molecule has 0 aromatic carbocycles. The minimum absolute atomic E-state index is 0.193. The van der Waals surface area contributed by atoms with Crippen LogP contribution in [0.4, 0.5) is 0 Å². The number of hydrogen-bond donors (Lipinski definition) is 0. The first-order valence-electron chi connectivity index (χ1n) is 8.32. The normalized spacial score (nSPS) is 17.5. The van der Waals surface area contributed by atoms with Crippen molar-refractivity contribution in [3.8, 4) is 0 Å². The third-order valence-electron chi connectivity index (χ3n) is 4.45. The summed E-state index contributed by atoms with van der Waals surface area (Å²) in [4.78, 5) is 14.1. The Hall–Kier alpha value is -1.16. The van der Waals surface area contributed by atoms with Gasteiger partial charge in [-0.25, -0.2) is 0 Å². The highest BCUT2D eigenvalue weighted by atomic mass is 16.1. The average molecular weight is 291 g/mol. The zero-order chi connectivity index (χ0) is 15.2. The standard InChI is InChI=1S/C17H29N3O/c1-14(2)17(21)6-4-5-9-19-10-7-16(8-11-19)20-13-15(3)12-18-20/h12-14,16H,4-11H2,1-3H3. The maximum Gasteiger partial charge on any atom is 0.135 e. The molecule has 0 spiro atoms. The first-order chi connectivity index (χ1) is 10.1. The zero-order valence-corrected chi connectivity index (χ0v) is 13.7. The predicted molar refractivity (Wildman–Crippen MR) is 85.4 cm³/mol. The van der Waals surface area contributed by atoms with Crippen molar-refractivity contribution in [1.82, 2.24) is 14.7 Å². The second kappa shape index (κ2) is 7.74. The third-order valence-corrected chi connectivity index (χ3v) is 4.45. The molecule has 0 aliphatic carbocycles. The Morgan fingerprint density at radius 2 is 2.05 bits per heavy atom. The number of likely N-dealkylation sites (tertiary alicyclic amines) is 1. The molecule has 2 heterocycles. The number of unbranched alkanes of at least 4 members (excludes halogenated alkanes) is 1. The molecule has 1 fully saturated rings. The van der Waals surface area contributed by atoms with Crippen LogP contribution in [0, 0.1) is 12.8 Å². The molecule has 4 nitrogen and oxygen atoms in total. The molecule has 1 saturated heterocycles. The number of carbonyl (C=O) groups excluding carboxylic acids is 1. The van der Waals surface area contributed by atoms with Gasteiger partial charge in [0.2, 0.25) is 0 Å². The van der Waals surface area contributed by atoms with E-state index in [4.69, 9.17) is 0 Å². The number of Topliss-reactive ketones (excluding diaryl/α,β-unsaturated/α-hetero) is 1. The van der Waals surface area contributed by atoms with Gasteiger partial charge in [0.15, 0.2) is 0 Å². The van der Waals surface area contributed by atoms with E-state index in [9.17, 15) is 4.79 Å². The van der Waals surface area contributed by atoms with Crippen LogP contribution < -0.4 is 0 Å². The molecule has 1 aromatic rings. The van der Waals surface area contributed by atoms with Crippen LogP contribution in [0.2, 0.25) is 0 Å². The monoisotopic (exact) mass is 291 g/mol. The van der Waals surface area contributed by atoms with Crippen LogP contribution in [0.1, 0.15) is 57.6 Å². The van der Waals surface area contributed by atoms with Crippen LogP contribution in [0.5, 0.6) is 0 Å². The Balaban J connectivity index is 1.62. The van der Waals surface area contributed by atoms with Gasteiger partial charge in [-0.3, -0.25) is 9.48 Å². The summed E-state index contributed by atoms with van der Waals surface area (Å²) in [6.07, 6.45) is 9.40. The molecule has 118 valence electrons. The van der Waals surface area contributed by atoms with Crippen molar-refractivity contribution in [2.75, 3.05) is 19.6 Å². The van der Waals surface area contributed by atoms with Gasteiger partial charge in [-0.05, 0) is 44.7 Å². The third kappa shape index (κ3) is 4.95. The molecule has 0 amide bonds. The molecule has 0 bridgehead atoms. The van der Waals surface area contributed by atoms with Crippen molar-refractivity contribution >= 4 is 5.78 Å². The Bertz CT molecular complexity index is 445. The largest absolute Gasteiger partial charge is 0.303 e. The molecule has 0 unspecified atom stereocenters. The lowest BCUT2D eigenvalue weighted by molar-refractivity contribution is -0.122. The van der Waals surface area contributed by atoms with Crippen molar-refractivity contribution in [2.24, 2.45) is 5.92 Å². The lowest BCUT2D eigenvalue weighted by Gasteiger charge is -2.32. The number of piperidine rings is 1. The summed E-state index contributed by atoms with van der Waals surface area (Å²) in [5.74, 6) is 0.598. The van der Waals surface area contributed by atoms with Gasteiger partial charge in [0, 0.05) is 31.6 Å². The second-order valence-electron chi connectivity index (χ2n) is 6.65. The van der Waals surface area contributed by atoms with Crippen molar-refractivity contribution in [1.29, 1.82) is 0 Å². The molecule has 1 aromatic heterocycles. The highest BCUT2D eigenvalue weighted by molar-refractivity contribution is 5.80. The number of nitrogens with zero attached hydrogens (tertiary/aromatic N) is 3. The zero-order valence-electron chi connectivity index (χ0n) is 13.7. The predicted octanol–water partition coefficient (Wildman–Crippen LogP) is 3.22. The van der Waals surface area contributed by atoms with Crippen LogP contribution in [-0.4, -0.2) is 40.1 Å². The van der Waals surface area contributed by atoms with E-state index in [-0.39, 0.29) is 5.92 Å². The average Bonchev–Trinajstić information content (AvgIpc) is 2.90. The summed E-state index contributed by atoms with van der Waals surface area (Å²) in [5.41, 5.74) is 1.24. The van der Waals surface area contributed by atoms with E-state index in [1.807, 2.05) is 20.0 Å². The summed E-state index contributed by atoms with van der Waals surface area (Å²) in [6, 6.07) is 0.567. The van der Waals surface area contributed by atoms with Crippen molar-refractivity contribution < 1.29 is 4.79 Å². The van der Waals surface area contributed by atoms with E-state index < -0.39 is 0 Å². The number of aryl methyl sites for hydroxylation is 1. The smallest absolute Gasteiger partial charge is 0.135 e. The molecule has 1 aliphatic heterocycles. The van der Waals surface area contributed by atoms with Gasteiger partial charge in [-0.1, -0.05) is 13.8 Å². The molecule has 2 rings (SSSR count). The van der Waals surface area contributed by atoms with Gasteiger partial charge in [-0.15, -0.1) is 0 Å². The van der Waals surface area contributed by atoms with Crippen LogP contribution in [0.25, 0.3) is 0 Å². The fraction of sp³-hybridized carbons (Fsp3) is 0.765. The summed E-state index contributed by atoms with van der Waals surface area (Å²) < 4.78 is 2.13. The van der Waals surface area contributed by atoms with Gasteiger partial charge >= 0.3 is 0 Å². The summed E-state index contributed by atoms with van der Waals surface area (Å²) in [6.45, 7) is 9.52. The first kappa shape index (κ1) is 16.2. The van der Waals surface area contributed by atoms with Gasteiger partial charge in [0.1, 0.15) is 5.78 Å². The quantitative estimate of drug-likeness (QED) is 0.724. The molecule has 21 heavy (non-hydrogen) atoms. The SMILES string of the molecule is Cc1cnn(C2CCN(CCCCC(=O)C(C)C)CC2)c1. The van der Waals surface area contributed by atoms with Crippen LogP contribution in [0.15, 0.2) is 12.4 Å². The maximum atomic E-state index is 11.6. The summed E-state index contributed by atoms with van der Waals surface area (Å²) >= 11 is 0. The Kier molecular flexibility index (Phi) is 5.97. The lowest BCUT2D eigenvalue weighted by Crippen LogP contribution is -2.35. The summed E-state index contributed by atoms with van der Waals surface area (Å²) in [5, 5.41) is 4.44. The highest BCUT2D eigenvalue weighted by Crippen LogP contribution is 2.22. The van der Waals surface area contributed by atoms with Crippen molar-refractivity contribution in [3.05, 3.63) is 18.0 Å². The molecule has 4 heteroatoms. The molecule has 0 N–H and O–H groups in total. The Labute approximate surface area is 128 Å². The van der Waals surface area contributed by atoms with Crippen LogP contribution in [0.3, 0.4) is 0 Å². The van der Waals surface area contributed by atoms with E-state index in [1.165, 1.54) is 18.4 Å². The van der Waals surface area contributed by atoms with Crippen molar-refractivity contribution in [2.45, 2.75) is 58.9 Å². The minimum Gasteiger partial charge on any atom is -0.303 e. The fourth-order valence-corrected chi connectivity index (χ4v) is 2.96. The van der Waals surface area contributed by atoms with Crippen LogP contribution >= 0.6 is 0 Å². The van der Waals surface area contributed by atoms with Gasteiger partial charge in [0.25, 0.3) is 0 Å². The number of ketones is 1. The van der Waals surface area contributed by atoms with Gasteiger partial charge in [-0.2, -0.15) is 5.10 Å². The second-order valence-corrected chi connectivity index (χ2v) is 6.65. The van der Waals surface area contributed by atoms with Crippen LogP contribution in [-0.2, 0) is 4.79 Å². The number of aromatic nitrogens is 2. The lowest BCUT2D eigenvalue weighted by atomic mass is 10.0. The molecule has 1 aliphatic rings. The Morgan fingerprint density at radius 1 is 1.33 bits per heavy atom. The molecule has 0 atom stereocenters.